The molecule has 88 valence electrons. The molecule has 1 N–H and O–H groups in total. The van der Waals surface area contributed by atoms with Crippen LogP contribution in [0.1, 0.15) is 20.8 Å². The average molecular weight is 255 g/mol. The van der Waals surface area contributed by atoms with Gasteiger partial charge in [-0.2, -0.15) is 10.4 Å². The van der Waals surface area contributed by atoms with Crippen LogP contribution in [-0.4, -0.2) is 12.1 Å². The molecular formula is C13H9N3OS. The van der Waals surface area contributed by atoms with Crippen LogP contribution in [0.3, 0.4) is 0 Å². The Morgan fingerprint density at radius 1 is 1.33 bits per heavy atom. The quantitative estimate of drug-likeness (QED) is 0.676. The van der Waals surface area contributed by atoms with Gasteiger partial charge in [0.25, 0.3) is 5.91 Å². The molecule has 1 aromatic carbocycles. The summed E-state index contributed by atoms with van der Waals surface area (Å²) in [5.41, 5.74) is 3.85. The van der Waals surface area contributed by atoms with Crippen LogP contribution in [0.25, 0.3) is 0 Å². The summed E-state index contributed by atoms with van der Waals surface area (Å²) < 4.78 is 0. The highest BCUT2D eigenvalue weighted by Gasteiger charge is 2.03. The van der Waals surface area contributed by atoms with E-state index in [0.717, 1.165) is 5.56 Å². The molecule has 0 spiro atoms. The molecule has 5 heteroatoms. The Morgan fingerprint density at radius 3 is 2.72 bits per heavy atom. The average Bonchev–Trinajstić information content (AvgIpc) is 2.93. The van der Waals surface area contributed by atoms with Crippen molar-refractivity contribution in [2.24, 2.45) is 5.10 Å². The van der Waals surface area contributed by atoms with Crippen molar-refractivity contribution in [2.45, 2.75) is 0 Å². The molecule has 2 aromatic rings. The number of hydrogen-bond donors (Lipinski definition) is 1. The molecule has 1 amide bonds. The van der Waals surface area contributed by atoms with Crippen LogP contribution < -0.4 is 5.43 Å². The zero-order valence-electron chi connectivity index (χ0n) is 9.33. The minimum Gasteiger partial charge on any atom is -0.266 e. The standard InChI is InChI=1S/C13H9N3OS/c14-8-10-3-5-11(6-4-10)9-15-16-13(17)12-2-1-7-18-12/h1-7,9H,(H,16,17). The summed E-state index contributed by atoms with van der Waals surface area (Å²) in [6, 6.07) is 12.5. The second-order valence-corrected chi connectivity index (χ2v) is 4.36. The first-order valence-electron chi connectivity index (χ1n) is 5.16. The van der Waals surface area contributed by atoms with E-state index in [1.54, 1.807) is 30.3 Å². The smallest absolute Gasteiger partial charge is 0.266 e. The number of amides is 1. The largest absolute Gasteiger partial charge is 0.281 e. The van der Waals surface area contributed by atoms with Gasteiger partial charge in [-0.25, -0.2) is 5.43 Å². The summed E-state index contributed by atoms with van der Waals surface area (Å²) >= 11 is 1.36. The number of thiophene rings is 1. The predicted octanol–water partition coefficient (Wildman–Crippen LogP) is 2.38. The second kappa shape index (κ2) is 5.75. The highest BCUT2D eigenvalue weighted by Crippen LogP contribution is 2.07. The maximum Gasteiger partial charge on any atom is 0.281 e. The van der Waals surface area contributed by atoms with E-state index in [2.05, 4.69) is 10.5 Å². The van der Waals surface area contributed by atoms with E-state index in [1.807, 2.05) is 17.5 Å². The lowest BCUT2D eigenvalue weighted by Gasteiger charge is -1.96. The van der Waals surface area contributed by atoms with Gasteiger partial charge < -0.3 is 0 Å². The van der Waals surface area contributed by atoms with Gasteiger partial charge in [0.15, 0.2) is 0 Å². The Balaban J connectivity index is 1.95. The molecule has 2 rings (SSSR count). The molecule has 0 bridgehead atoms. The summed E-state index contributed by atoms with van der Waals surface area (Å²) in [6.07, 6.45) is 1.53. The number of hydrazone groups is 1. The Hall–Kier alpha value is -2.45. The van der Waals surface area contributed by atoms with E-state index < -0.39 is 0 Å². The van der Waals surface area contributed by atoms with Gasteiger partial charge in [0.1, 0.15) is 0 Å². The van der Waals surface area contributed by atoms with Gasteiger partial charge in [0.2, 0.25) is 0 Å². The first kappa shape index (κ1) is 12.0. The number of nitriles is 1. The van der Waals surface area contributed by atoms with Crippen LogP contribution in [0.4, 0.5) is 0 Å². The topological polar surface area (TPSA) is 65.2 Å². The molecule has 0 atom stereocenters. The molecule has 0 fully saturated rings. The molecule has 0 aliphatic heterocycles. The Morgan fingerprint density at radius 2 is 2.11 bits per heavy atom. The number of nitrogens with zero attached hydrogens (tertiary/aromatic N) is 2. The Labute approximate surface area is 108 Å². The lowest BCUT2D eigenvalue weighted by Crippen LogP contribution is -2.16. The number of carbonyl (C=O) groups excluding carboxylic acids is 1. The van der Waals surface area contributed by atoms with Gasteiger partial charge in [0.05, 0.1) is 22.7 Å². The lowest BCUT2D eigenvalue weighted by atomic mass is 10.2. The van der Waals surface area contributed by atoms with Crippen molar-refractivity contribution < 1.29 is 4.79 Å². The van der Waals surface area contributed by atoms with E-state index in [-0.39, 0.29) is 5.91 Å². The number of rotatable bonds is 3. The SMILES string of the molecule is N#Cc1ccc(C=NNC(=O)c2cccs2)cc1. The molecule has 0 aliphatic carbocycles. The van der Waals surface area contributed by atoms with Gasteiger partial charge in [-0.15, -0.1) is 11.3 Å². The van der Waals surface area contributed by atoms with E-state index in [0.29, 0.717) is 10.4 Å². The van der Waals surface area contributed by atoms with Crippen LogP contribution >= 0.6 is 11.3 Å². The molecule has 0 radical (unpaired) electrons. The zero-order chi connectivity index (χ0) is 12.8. The van der Waals surface area contributed by atoms with Crippen LogP contribution in [0.15, 0.2) is 46.9 Å². The molecule has 4 nitrogen and oxygen atoms in total. The highest BCUT2D eigenvalue weighted by molar-refractivity contribution is 7.12. The zero-order valence-corrected chi connectivity index (χ0v) is 10.1. The minimum atomic E-state index is -0.227. The molecule has 0 saturated carbocycles. The molecular weight excluding hydrogens is 246 g/mol. The third-order valence-electron chi connectivity index (χ3n) is 2.16. The van der Waals surface area contributed by atoms with Crippen molar-refractivity contribution in [1.29, 1.82) is 5.26 Å². The fourth-order valence-corrected chi connectivity index (χ4v) is 1.89. The summed E-state index contributed by atoms with van der Waals surface area (Å²) in [6.45, 7) is 0. The van der Waals surface area contributed by atoms with E-state index in [1.165, 1.54) is 17.6 Å². The maximum absolute atomic E-state index is 11.5. The normalized spacial score (nSPS) is 10.2. The van der Waals surface area contributed by atoms with Gasteiger partial charge >= 0.3 is 0 Å². The maximum atomic E-state index is 11.5. The van der Waals surface area contributed by atoms with Crippen molar-refractivity contribution >= 4 is 23.5 Å². The molecule has 1 heterocycles. The van der Waals surface area contributed by atoms with E-state index >= 15 is 0 Å². The first-order chi connectivity index (χ1) is 8.79. The van der Waals surface area contributed by atoms with Crippen molar-refractivity contribution in [3.63, 3.8) is 0 Å². The van der Waals surface area contributed by atoms with Crippen LogP contribution in [0.5, 0.6) is 0 Å². The van der Waals surface area contributed by atoms with Crippen molar-refractivity contribution in [1.82, 2.24) is 5.43 Å². The summed E-state index contributed by atoms with van der Waals surface area (Å²) in [5, 5.41) is 14.3. The van der Waals surface area contributed by atoms with Gasteiger partial charge in [-0.3, -0.25) is 4.79 Å². The second-order valence-electron chi connectivity index (χ2n) is 3.41. The number of hydrogen-bond acceptors (Lipinski definition) is 4. The first-order valence-corrected chi connectivity index (χ1v) is 6.04. The molecule has 0 unspecified atom stereocenters. The Bertz CT molecular complexity index is 594. The lowest BCUT2D eigenvalue weighted by molar-refractivity contribution is 0.0959. The predicted molar refractivity (Wildman–Crippen MR) is 70.5 cm³/mol. The number of nitrogens with one attached hydrogen (secondary N) is 1. The summed E-state index contributed by atoms with van der Waals surface area (Å²) in [5.74, 6) is -0.227. The monoisotopic (exact) mass is 255 g/mol. The van der Waals surface area contributed by atoms with Gasteiger partial charge in [0, 0.05) is 0 Å². The van der Waals surface area contributed by atoms with Gasteiger partial charge in [-0.05, 0) is 29.1 Å². The molecule has 0 aliphatic rings. The number of benzene rings is 1. The summed E-state index contributed by atoms with van der Waals surface area (Å²) in [4.78, 5) is 12.2. The van der Waals surface area contributed by atoms with E-state index in [9.17, 15) is 4.79 Å². The fourth-order valence-electron chi connectivity index (χ4n) is 1.27. The third kappa shape index (κ3) is 3.03. The van der Waals surface area contributed by atoms with Crippen LogP contribution in [-0.2, 0) is 0 Å². The van der Waals surface area contributed by atoms with Crippen LogP contribution in [0, 0.1) is 11.3 Å². The van der Waals surface area contributed by atoms with Crippen molar-refractivity contribution in [3.05, 3.63) is 57.8 Å². The highest BCUT2D eigenvalue weighted by atomic mass is 32.1. The fraction of sp³-hybridized carbons (Fsp3) is 0. The Kier molecular flexibility index (Phi) is 3.84. The third-order valence-corrected chi connectivity index (χ3v) is 3.03. The minimum absolute atomic E-state index is 0.227. The number of carbonyl (C=O) groups is 1. The van der Waals surface area contributed by atoms with Crippen LogP contribution in [0.2, 0.25) is 0 Å². The van der Waals surface area contributed by atoms with Gasteiger partial charge in [-0.1, -0.05) is 18.2 Å². The summed E-state index contributed by atoms with van der Waals surface area (Å²) in [7, 11) is 0. The van der Waals surface area contributed by atoms with Crippen molar-refractivity contribution in [2.75, 3.05) is 0 Å². The van der Waals surface area contributed by atoms with Crippen molar-refractivity contribution in [3.8, 4) is 6.07 Å². The molecule has 0 saturated heterocycles. The molecule has 18 heavy (non-hydrogen) atoms. The van der Waals surface area contributed by atoms with E-state index in [4.69, 9.17) is 5.26 Å². The molecule has 1 aromatic heterocycles.